The lowest BCUT2D eigenvalue weighted by Gasteiger charge is -2.36. The van der Waals surface area contributed by atoms with Crippen LogP contribution in [0.2, 0.25) is 0 Å². The first-order chi connectivity index (χ1) is 16.8. The van der Waals surface area contributed by atoms with Gasteiger partial charge in [0, 0.05) is 50.9 Å². The molecule has 5 nitrogen and oxygen atoms in total. The Bertz CT molecular complexity index is 1250. The number of hydrogen-bond donors (Lipinski definition) is 0. The first-order valence-electron chi connectivity index (χ1n) is 12.6. The number of pyridine rings is 1. The number of nitrogens with zero attached hydrogens (tertiary/aromatic N) is 5. The molecule has 0 amide bonds. The van der Waals surface area contributed by atoms with Crippen molar-refractivity contribution >= 4 is 28.5 Å². The van der Waals surface area contributed by atoms with Crippen LogP contribution >= 0.6 is 0 Å². The predicted octanol–water partition coefficient (Wildman–Crippen LogP) is 5.36. The molecule has 0 unspecified atom stereocenters. The number of fused-ring (bicyclic) bond motifs is 2. The Morgan fingerprint density at radius 3 is 2.35 bits per heavy atom. The molecule has 1 aromatic heterocycles. The van der Waals surface area contributed by atoms with Crippen LogP contribution in [0.15, 0.2) is 70.8 Å². The zero-order chi connectivity index (χ0) is 22.9. The van der Waals surface area contributed by atoms with Gasteiger partial charge < -0.3 is 4.90 Å². The van der Waals surface area contributed by atoms with Crippen molar-refractivity contribution in [2.75, 3.05) is 37.6 Å². The molecule has 5 heteroatoms. The van der Waals surface area contributed by atoms with Gasteiger partial charge in [-0.15, -0.1) is 0 Å². The summed E-state index contributed by atoms with van der Waals surface area (Å²) >= 11 is 0. The Morgan fingerprint density at radius 2 is 1.56 bits per heavy atom. The second-order valence-corrected chi connectivity index (χ2v) is 9.52. The Hall–Kier alpha value is -3.31. The Labute approximate surface area is 201 Å². The van der Waals surface area contributed by atoms with Gasteiger partial charge in [0.05, 0.1) is 28.5 Å². The summed E-state index contributed by atoms with van der Waals surface area (Å²) in [5.74, 6) is 0. The van der Waals surface area contributed by atoms with Crippen molar-refractivity contribution < 1.29 is 0 Å². The predicted molar refractivity (Wildman–Crippen MR) is 140 cm³/mol. The highest BCUT2D eigenvalue weighted by molar-refractivity contribution is 6.09. The minimum atomic E-state index is 0.828. The van der Waals surface area contributed by atoms with E-state index in [1.165, 1.54) is 41.8 Å². The third-order valence-electron chi connectivity index (χ3n) is 7.23. The van der Waals surface area contributed by atoms with Crippen LogP contribution in [0.25, 0.3) is 0 Å². The first kappa shape index (κ1) is 21.2. The SMILES string of the molecule is CCCCN1CCN(c2ccc3c(c2)CC(c2ccc4c(c2)CC(c2ccccn2)=N4)=N3)CC1. The fourth-order valence-electron chi connectivity index (χ4n) is 5.22. The van der Waals surface area contributed by atoms with Gasteiger partial charge in [0.25, 0.3) is 0 Å². The maximum absolute atomic E-state index is 5.00. The molecule has 6 rings (SSSR count). The summed E-state index contributed by atoms with van der Waals surface area (Å²) in [4.78, 5) is 19.4. The zero-order valence-corrected chi connectivity index (χ0v) is 19.9. The average Bonchev–Trinajstić information content (AvgIpc) is 3.51. The molecule has 34 heavy (non-hydrogen) atoms. The van der Waals surface area contributed by atoms with Crippen LogP contribution in [-0.2, 0) is 12.8 Å². The smallest absolute Gasteiger partial charge is 0.0848 e. The van der Waals surface area contributed by atoms with E-state index in [0.717, 1.165) is 67.5 Å². The molecule has 0 spiro atoms. The minimum Gasteiger partial charge on any atom is -0.369 e. The van der Waals surface area contributed by atoms with Crippen LogP contribution in [-0.4, -0.2) is 54.0 Å². The number of aromatic nitrogens is 1. The highest BCUT2D eigenvalue weighted by Crippen LogP contribution is 2.35. The number of unbranched alkanes of at least 4 members (excludes halogenated alkanes) is 1. The van der Waals surface area contributed by atoms with Crippen LogP contribution in [0, 0.1) is 0 Å². The fraction of sp³-hybridized carbons (Fsp3) is 0.345. The number of benzene rings is 2. The van der Waals surface area contributed by atoms with E-state index in [2.05, 4.69) is 58.1 Å². The van der Waals surface area contributed by atoms with Gasteiger partial charge in [-0.25, -0.2) is 0 Å². The molecule has 1 fully saturated rings. The van der Waals surface area contributed by atoms with Gasteiger partial charge in [-0.1, -0.05) is 25.5 Å². The van der Waals surface area contributed by atoms with Crippen molar-refractivity contribution in [1.29, 1.82) is 0 Å². The molecule has 3 aromatic rings. The molecule has 3 aliphatic heterocycles. The largest absolute Gasteiger partial charge is 0.369 e. The van der Waals surface area contributed by atoms with E-state index in [0.29, 0.717) is 0 Å². The van der Waals surface area contributed by atoms with Crippen LogP contribution in [0.3, 0.4) is 0 Å². The van der Waals surface area contributed by atoms with E-state index in [4.69, 9.17) is 9.98 Å². The van der Waals surface area contributed by atoms with Gasteiger partial charge in [-0.2, -0.15) is 0 Å². The van der Waals surface area contributed by atoms with E-state index >= 15 is 0 Å². The van der Waals surface area contributed by atoms with E-state index in [9.17, 15) is 0 Å². The van der Waals surface area contributed by atoms with E-state index in [1.54, 1.807) is 0 Å². The summed E-state index contributed by atoms with van der Waals surface area (Å²) in [5.41, 5.74) is 10.5. The molecular weight excluding hydrogens is 418 g/mol. The van der Waals surface area contributed by atoms with Crippen molar-refractivity contribution in [3.63, 3.8) is 0 Å². The number of anilines is 1. The average molecular weight is 450 g/mol. The number of hydrogen-bond acceptors (Lipinski definition) is 5. The highest BCUT2D eigenvalue weighted by Gasteiger charge is 2.23. The van der Waals surface area contributed by atoms with Crippen LogP contribution in [0.1, 0.15) is 42.1 Å². The van der Waals surface area contributed by atoms with E-state index in [-0.39, 0.29) is 0 Å². The summed E-state index contributed by atoms with van der Waals surface area (Å²) < 4.78 is 0. The van der Waals surface area contributed by atoms with Crippen molar-refractivity contribution in [3.05, 3.63) is 83.2 Å². The quantitative estimate of drug-likeness (QED) is 0.509. The van der Waals surface area contributed by atoms with Crippen molar-refractivity contribution in [3.8, 4) is 0 Å². The Balaban J connectivity index is 1.13. The number of rotatable bonds is 6. The minimum absolute atomic E-state index is 0.828. The topological polar surface area (TPSA) is 44.1 Å². The Kier molecular flexibility index (Phi) is 5.71. The van der Waals surface area contributed by atoms with Gasteiger partial charge in [-0.3, -0.25) is 19.9 Å². The van der Waals surface area contributed by atoms with Gasteiger partial charge in [0.2, 0.25) is 0 Å². The number of aliphatic imine (C=N–C) groups is 2. The summed E-state index contributed by atoms with van der Waals surface area (Å²) in [6.07, 6.45) is 6.13. The molecule has 3 aliphatic rings. The molecule has 2 aromatic carbocycles. The molecule has 0 bridgehead atoms. The fourth-order valence-corrected chi connectivity index (χ4v) is 5.22. The molecule has 0 radical (unpaired) electrons. The van der Waals surface area contributed by atoms with Crippen LogP contribution in [0.5, 0.6) is 0 Å². The maximum atomic E-state index is 5.00. The third kappa shape index (κ3) is 4.16. The van der Waals surface area contributed by atoms with Gasteiger partial charge >= 0.3 is 0 Å². The first-order valence-corrected chi connectivity index (χ1v) is 12.6. The lowest BCUT2D eigenvalue weighted by atomic mass is 9.99. The summed E-state index contributed by atoms with van der Waals surface area (Å²) in [6.45, 7) is 8.06. The van der Waals surface area contributed by atoms with Crippen molar-refractivity contribution in [2.24, 2.45) is 9.98 Å². The van der Waals surface area contributed by atoms with Crippen molar-refractivity contribution in [1.82, 2.24) is 9.88 Å². The summed E-state index contributed by atoms with van der Waals surface area (Å²) in [5, 5.41) is 0. The molecule has 0 atom stereocenters. The normalized spacial score (nSPS) is 17.4. The lowest BCUT2D eigenvalue weighted by Crippen LogP contribution is -2.46. The third-order valence-corrected chi connectivity index (χ3v) is 7.23. The van der Waals surface area contributed by atoms with Gasteiger partial charge in [-0.05, 0) is 72.1 Å². The highest BCUT2D eigenvalue weighted by atomic mass is 15.3. The molecule has 172 valence electrons. The Morgan fingerprint density at radius 1 is 0.794 bits per heavy atom. The second-order valence-electron chi connectivity index (χ2n) is 9.52. The maximum Gasteiger partial charge on any atom is 0.0848 e. The van der Waals surface area contributed by atoms with Crippen LogP contribution < -0.4 is 4.90 Å². The molecule has 0 aliphatic carbocycles. The van der Waals surface area contributed by atoms with E-state index in [1.807, 2.05) is 24.4 Å². The standard InChI is InChI=1S/C29H31N5/c1-2-3-12-33-13-15-34(16-14-33)24-8-10-26-23(18-24)19-28(31-26)21-7-9-25-22(17-21)20-29(32-25)27-6-4-5-11-30-27/h4-11,17-18H,2-3,12-16,19-20H2,1H3. The van der Waals surface area contributed by atoms with Crippen molar-refractivity contribution in [2.45, 2.75) is 32.6 Å². The monoisotopic (exact) mass is 449 g/mol. The molecule has 0 saturated carbocycles. The molecular formula is C29H31N5. The molecule has 0 N–H and O–H groups in total. The molecule has 4 heterocycles. The summed E-state index contributed by atoms with van der Waals surface area (Å²) in [7, 11) is 0. The van der Waals surface area contributed by atoms with Gasteiger partial charge in [0.1, 0.15) is 0 Å². The molecule has 1 saturated heterocycles. The number of piperazine rings is 1. The lowest BCUT2D eigenvalue weighted by molar-refractivity contribution is 0.254. The zero-order valence-electron chi connectivity index (χ0n) is 19.9. The van der Waals surface area contributed by atoms with Gasteiger partial charge in [0.15, 0.2) is 0 Å². The second kappa shape index (κ2) is 9.15. The van der Waals surface area contributed by atoms with E-state index < -0.39 is 0 Å². The summed E-state index contributed by atoms with van der Waals surface area (Å²) in [6, 6.07) is 19.4. The van der Waals surface area contributed by atoms with Crippen LogP contribution in [0.4, 0.5) is 17.1 Å².